The summed E-state index contributed by atoms with van der Waals surface area (Å²) in [4.78, 5) is 55.9. The number of hydrogen-bond donors (Lipinski definition) is 3. The zero-order valence-electron chi connectivity index (χ0n) is 21.0. The molecule has 1 aromatic carbocycles. The zero-order valence-corrected chi connectivity index (χ0v) is 21.0. The Morgan fingerprint density at radius 1 is 1.19 bits per heavy atom. The Bertz CT molecular complexity index is 1120. The topological polar surface area (TPSA) is 137 Å². The van der Waals surface area contributed by atoms with Gasteiger partial charge in [0.1, 0.15) is 0 Å². The average Bonchev–Trinajstić information content (AvgIpc) is 2.84. The van der Waals surface area contributed by atoms with E-state index in [1.807, 2.05) is 19.0 Å². The highest BCUT2D eigenvalue weighted by Gasteiger charge is 2.34. The van der Waals surface area contributed by atoms with Gasteiger partial charge in [-0.05, 0) is 58.0 Å². The minimum absolute atomic E-state index is 0.0392. The summed E-state index contributed by atoms with van der Waals surface area (Å²) in [6.45, 7) is 2.13. The zero-order chi connectivity index (χ0) is 26.1. The molecule has 2 heterocycles. The van der Waals surface area contributed by atoms with Gasteiger partial charge in [-0.25, -0.2) is 4.98 Å². The predicted molar refractivity (Wildman–Crippen MR) is 136 cm³/mol. The molecule has 196 valence electrons. The van der Waals surface area contributed by atoms with E-state index >= 15 is 0 Å². The first-order chi connectivity index (χ1) is 17.2. The third-order valence-electron chi connectivity index (χ3n) is 6.45. The first kappa shape index (κ1) is 27.3. The van der Waals surface area contributed by atoms with Crippen LogP contribution in [0.3, 0.4) is 0 Å². The maximum atomic E-state index is 13.0. The van der Waals surface area contributed by atoms with Gasteiger partial charge in [0.25, 0.3) is 5.56 Å². The second-order valence-electron chi connectivity index (χ2n) is 9.65. The molecule has 3 N–H and O–H groups in total. The van der Waals surface area contributed by atoms with Crippen LogP contribution >= 0.6 is 0 Å². The SMILES string of the molecule is CN(C)CCC(=O)Nc1ccc2c(=O)n(CC3(O)CCN(C(=O)CCCCNC=O)CC3)cnc2c1. The monoisotopic (exact) mass is 500 g/mol. The lowest BCUT2D eigenvalue weighted by Crippen LogP contribution is -2.49. The fraction of sp³-hybridized carbons (Fsp3) is 0.560. The molecule has 1 aliphatic heterocycles. The number of hydrogen-bond acceptors (Lipinski definition) is 7. The molecule has 0 atom stereocenters. The van der Waals surface area contributed by atoms with Crippen LogP contribution < -0.4 is 16.2 Å². The standard InChI is InChI=1S/C25H36N6O5/c1-29(2)12-8-22(33)28-19-6-7-20-21(15-19)27-17-31(24(20)35)16-25(36)9-13-30(14-10-25)23(34)5-3-4-11-26-18-32/h6-7,15,17-18,36H,3-5,8-14,16H2,1-2H3,(H,26,32)(H,28,33). The summed E-state index contributed by atoms with van der Waals surface area (Å²) >= 11 is 0. The van der Waals surface area contributed by atoms with Crippen LogP contribution in [0.2, 0.25) is 0 Å². The molecule has 0 aliphatic carbocycles. The van der Waals surface area contributed by atoms with Crippen molar-refractivity contribution in [3.63, 3.8) is 0 Å². The van der Waals surface area contributed by atoms with Gasteiger partial charge in [-0.2, -0.15) is 0 Å². The molecule has 1 aromatic heterocycles. The van der Waals surface area contributed by atoms with Gasteiger partial charge in [0, 0.05) is 44.7 Å². The lowest BCUT2D eigenvalue weighted by molar-refractivity contribution is -0.136. The maximum Gasteiger partial charge on any atom is 0.261 e. The Hall–Kier alpha value is -3.31. The predicted octanol–water partition coefficient (Wildman–Crippen LogP) is 0.557. The van der Waals surface area contributed by atoms with Crippen LogP contribution in [0.25, 0.3) is 10.9 Å². The van der Waals surface area contributed by atoms with Gasteiger partial charge in [-0.1, -0.05) is 0 Å². The van der Waals surface area contributed by atoms with Gasteiger partial charge in [0.05, 0.1) is 29.4 Å². The summed E-state index contributed by atoms with van der Waals surface area (Å²) in [6, 6.07) is 4.98. The summed E-state index contributed by atoms with van der Waals surface area (Å²) in [5.41, 5.74) is -0.324. The van der Waals surface area contributed by atoms with Gasteiger partial charge >= 0.3 is 0 Å². The summed E-state index contributed by atoms with van der Waals surface area (Å²) in [5.74, 6) is -0.0735. The molecule has 11 nitrogen and oxygen atoms in total. The molecule has 0 radical (unpaired) electrons. The number of aliphatic hydroxyl groups is 1. The van der Waals surface area contributed by atoms with E-state index in [2.05, 4.69) is 15.6 Å². The molecule has 1 saturated heterocycles. The van der Waals surface area contributed by atoms with Crippen molar-refractivity contribution in [2.45, 2.75) is 50.7 Å². The molecule has 1 fully saturated rings. The number of aromatic nitrogens is 2. The van der Waals surface area contributed by atoms with Gasteiger partial charge in [-0.3, -0.25) is 23.7 Å². The smallest absolute Gasteiger partial charge is 0.261 e. The molecule has 0 spiro atoms. The van der Waals surface area contributed by atoms with Crippen molar-refractivity contribution >= 4 is 34.8 Å². The number of nitrogens with one attached hydrogen (secondary N) is 2. The van der Waals surface area contributed by atoms with Gasteiger partial charge < -0.3 is 25.5 Å². The minimum atomic E-state index is -1.11. The Morgan fingerprint density at radius 3 is 2.64 bits per heavy atom. The number of fused-ring (bicyclic) bond motifs is 1. The Morgan fingerprint density at radius 2 is 1.94 bits per heavy atom. The first-order valence-corrected chi connectivity index (χ1v) is 12.3. The number of carbonyl (C=O) groups is 3. The van der Waals surface area contributed by atoms with E-state index in [-0.39, 0.29) is 23.9 Å². The van der Waals surface area contributed by atoms with Crippen molar-refractivity contribution < 1.29 is 19.5 Å². The number of anilines is 1. The highest BCUT2D eigenvalue weighted by atomic mass is 16.3. The fourth-order valence-corrected chi connectivity index (χ4v) is 4.27. The lowest BCUT2D eigenvalue weighted by atomic mass is 9.91. The van der Waals surface area contributed by atoms with Crippen LogP contribution in [0.4, 0.5) is 5.69 Å². The van der Waals surface area contributed by atoms with Crippen LogP contribution in [0.5, 0.6) is 0 Å². The van der Waals surface area contributed by atoms with Crippen molar-refractivity contribution in [1.29, 1.82) is 0 Å². The van der Waals surface area contributed by atoms with Crippen LogP contribution in [0, 0.1) is 0 Å². The number of unbranched alkanes of at least 4 members (excludes halogenated alkanes) is 1. The van der Waals surface area contributed by atoms with Crippen LogP contribution in [-0.4, -0.2) is 88.6 Å². The molecule has 3 rings (SSSR count). The van der Waals surface area contributed by atoms with E-state index in [0.29, 0.717) is 81.3 Å². The quantitative estimate of drug-likeness (QED) is 0.286. The fourth-order valence-electron chi connectivity index (χ4n) is 4.27. The normalized spacial score (nSPS) is 15.2. The number of amides is 3. The maximum absolute atomic E-state index is 13.0. The number of nitrogens with zero attached hydrogens (tertiary/aromatic N) is 4. The highest BCUT2D eigenvalue weighted by Crippen LogP contribution is 2.25. The van der Waals surface area contributed by atoms with E-state index in [1.54, 1.807) is 23.1 Å². The molecule has 1 aliphatic rings. The van der Waals surface area contributed by atoms with E-state index in [4.69, 9.17) is 0 Å². The molecule has 0 bridgehead atoms. The summed E-state index contributed by atoms with van der Waals surface area (Å²) in [6.07, 6.45) is 5.01. The number of benzene rings is 1. The van der Waals surface area contributed by atoms with Crippen molar-refractivity contribution in [3.05, 3.63) is 34.9 Å². The van der Waals surface area contributed by atoms with Gasteiger partial charge in [0.2, 0.25) is 18.2 Å². The highest BCUT2D eigenvalue weighted by molar-refractivity contribution is 5.93. The largest absolute Gasteiger partial charge is 0.388 e. The minimum Gasteiger partial charge on any atom is -0.388 e. The van der Waals surface area contributed by atoms with Crippen LogP contribution in [0.15, 0.2) is 29.3 Å². The molecular formula is C25H36N6O5. The number of carbonyl (C=O) groups excluding carboxylic acids is 3. The second-order valence-corrected chi connectivity index (χ2v) is 9.65. The van der Waals surface area contributed by atoms with E-state index in [1.165, 1.54) is 10.9 Å². The number of piperidine rings is 1. The average molecular weight is 501 g/mol. The Kier molecular flexibility index (Phi) is 9.54. The summed E-state index contributed by atoms with van der Waals surface area (Å²) < 4.78 is 1.41. The van der Waals surface area contributed by atoms with Crippen molar-refractivity contribution in [3.8, 4) is 0 Å². The molecule has 0 saturated carbocycles. The van der Waals surface area contributed by atoms with Crippen molar-refractivity contribution in [1.82, 2.24) is 24.7 Å². The van der Waals surface area contributed by atoms with E-state index in [9.17, 15) is 24.3 Å². The second kappa shape index (κ2) is 12.6. The number of rotatable bonds is 12. The molecule has 11 heteroatoms. The van der Waals surface area contributed by atoms with E-state index < -0.39 is 5.60 Å². The van der Waals surface area contributed by atoms with Crippen LogP contribution in [-0.2, 0) is 20.9 Å². The lowest BCUT2D eigenvalue weighted by Gasteiger charge is -2.38. The first-order valence-electron chi connectivity index (χ1n) is 12.3. The van der Waals surface area contributed by atoms with Crippen LogP contribution in [0.1, 0.15) is 38.5 Å². The van der Waals surface area contributed by atoms with E-state index in [0.717, 1.165) is 6.42 Å². The summed E-state index contributed by atoms with van der Waals surface area (Å²) in [5, 5.41) is 16.9. The molecule has 36 heavy (non-hydrogen) atoms. The number of likely N-dealkylation sites (tertiary alicyclic amines) is 1. The molecule has 2 aromatic rings. The van der Waals surface area contributed by atoms with Gasteiger partial charge in [-0.15, -0.1) is 0 Å². The Balaban J connectivity index is 1.57. The summed E-state index contributed by atoms with van der Waals surface area (Å²) in [7, 11) is 3.80. The van der Waals surface area contributed by atoms with Crippen molar-refractivity contribution in [2.24, 2.45) is 0 Å². The van der Waals surface area contributed by atoms with Gasteiger partial charge in [0.15, 0.2) is 0 Å². The molecule has 0 unspecified atom stereocenters. The van der Waals surface area contributed by atoms with Crippen molar-refractivity contribution in [2.75, 3.05) is 45.6 Å². The third kappa shape index (κ3) is 7.59. The Labute approximate surface area is 210 Å². The molecule has 3 amide bonds. The third-order valence-corrected chi connectivity index (χ3v) is 6.45. The molecular weight excluding hydrogens is 464 g/mol.